The third-order valence-electron chi connectivity index (χ3n) is 3.05. The molecular formula is C13H19ClN4S. The van der Waals surface area contributed by atoms with Gasteiger partial charge in [-0.1, -0.05) is 0 Å². The molecule has 104 valence electrons. The first-order valence-electron chi connectivity index (χ1n) is 6.35. The Hall–Kier alpha value is -0.910. The molecule has 1 unspecified atom stereocenters. The summed E-state index contributed by atoms with van der Waals surface area (Å²) in [5, 5.41) is 3.44. The SMILES string of the molecule is CCN(c1nc(Cl)nc2sccc12)C(C)CN(C)C. The average Bonchev–Trinajstić information content (AvgIpc) is 2.76. The Kier molecular flexibility index (Phi) is 4.60. The summed E-state index contributed by atoms with van der Waals surface area (Å²) in [4.78, 5) is 14.1. The van der Waals surface area contributed by atoms with Crippen molar-refractivity contribution < 1.29 is 0 Å². The van der Waals surface area contributed by atoms with Crippen molar-refractivity contribution in [2.45, 2.75) is 19.9 Å². The lowest BCUT2D eigenvalue weighted by Crippen LogP contribution is -2.40. The lowest BCUT2D eigenvalue weighted by molar-refractivity contribution is 0.372. The van der Waals surface area contributed by atoms with Crippen molar-refractivity contribution >= 4 is 39.0 Å². The number of fused-ring (bicyclic) bond motifs is 1. The summed E-state index contributed by atoms with van der Waals surface area (Å²) in [7, 11) is 4.16. The van der Waals surface area contributed by atoms with Gasteiger partial charge in [0.05, 0.1) is 5.39 Å². The van der Waals surface area contributed by atoms with Crippen LogP contribution in [0.4, 0.5) is 5.82 Å². The van der Waals surface area contributed by atoms with Gasteiger partial charge in [0.2, 0.25) is 5.28 Å². The summed E-state index contributed by atoms with van der Waals surface area (Å²) in [6, 6.07) is 2.44. The lowest BCUT2D eigenvalue weighted by Gasteiger charge is -2.31. The summed E-state index contributed by atoms with van der Waals surface area (Å²) in [5.74, 6) is 0.938. The maximum Gasteiger partial charge on any atom is 0.225 e. The zero-order valence-corrected chi connectivity index (χ0v) is 13.3. The van der Waals surface area contributed by atoms with Crippen molar-refractivity contribution in [3.63, 3.8) is 0 Å². The van der Waals surface area contributed by atoms with Crippen LogP contribution in [0.3, 0.4) is 0 Å². The second-order valence-electron chi connectivity index (χ2n) is 4.85. The molecule has 0 aromatic carbocycles. The number of thiophene rings is 1. The van der Waals surface area contributed by atoms with Crippen LogP contribution in [-0.2, 0) is 0 Å². The smallest absolute Gasteiger partial charge is 0.225 e. The Labute approximate surface area is 123 Å². The predicted molar refractivity (Wildman–Crippen MR) is 83.5 cm³/mol. The van der Waals surface area contributed by atoms with Crippen LogP contribution in [0.25, 0.3) is 10.2 Å². The third kappa shape index (κ3) is 3.16. The first-order valence-corrected chi connectivity index (χ1v) is 7.60. The van der Waals surface area contributed by atoms with Crippen molar-refractivity contribution in [3.05, 3.63) is 16.7 Å². The number of halogens is 1. The largest absolute Gasteiger partial charge is 0.352 e. The topological polar surface area (TPSA) is 32.3 Å². The van der Waals surface area contributed by atoms with E-state index >= 15 is 0 Å². The van der Waals surface area contributed by atoms with Gasteiger partial charge in [-0.05, 0) is 51.0 Å². The van der Waals surface area contributed by atoms with Crippen molar-refractivity contribution in [3.8, 4) is 0 Å². The van der Waals surface area contributed by atoms with E-state index < -0.39 is 0 Å². The Morgan fingerprint density at radius 1 is 1.37 bits per heavy atom. The predicted octanol–water partition coefficient (Wildman–Crippen LogP) is 3.12. The maximum absolute atomic E-state index is 6.04. The maximum atomic E-state index is 6.04. The number of nitrogens with zero attached hydrogens (tertiary/aromatic N) is 4. The quantitative estimate of drug-likeness (QED) is 0.794. The van der Waals surface area contributed by atoms with Gasteiger partial charge in [0.1, 0.15) is 10.6 Å². The molecule has 2 rings (SSSR count). The van der Waals surface area contributed by atoms with E-state index in [0.29, 0.717) is 11.3 Å². The Morgan fingerprint density at radius 2 is 2.11 bits per heavy atom. The first kappa shape index (κ1) is 14.5. The van der Waals surface area contributed by atoms with Crippen LogP contribution in [0, 0.1) is 0 Å². The number of anilines is 1. The number of likely N-dealkylation sites (N-methyl/N-ethyl adjacent to an activating group) is 2. The highest BCUT2D eigenvalue weighted by Gasteiger charge is 2.19. The molecule has 2 heterocycles. The summed E-state index contributed by atoms with van der Waals surface area (Å²) < 4.78 is 0. The van der Waals surface area contributed by atoms with Gasteiger partial charge in [0.15, 0.2) is 0 Å². The van der Waals surface area contributed by atoms with E-state index in [4.69, 9.17) is 11.6 Å². The van der Waals surface area contributed by atoms with Crippen LogP contribution < -0.4 is 4.90 Å². The molecule has 0 aliphatic rings. The van der Waals surface area contributed by atoms with Gasteiger partial charge in [-0.15, -0.1) is 11.3 Å². The molecule has 1 atom stereocenters. The van der Waals surface area contributed by atoms with Gasteiger partial charge in [-0.3, -0.25) is 0 Å². The van der Waals surface area contributed by atoms with Crippen LogP contribution in [0.2, 0.25) is 5.28 Å². The molecule has 0 amide bonds. The molecule has 0 radical (unpaired) electrons. The van der Waals surface area contributed by atoms with Crippen molar-refractivity contribution in [1.82, 2.24) is 14.9 Å². The zero-order chi connectivity index (χ0) is 14.0. The van der Waals surface area contributed by atoms with Crippen LogP contribution >= 0.6 is 22.9 Å². The fraction of sp³-hybridized carbons (Fsp3) is 0.538. The molecule has 0 bridgehead atoms. The second-order valence-corrected chi connectivity index (χ2v) is 6.09. The molecule has 2 aromatic rings. The van der Waals surface area contributed by atoms with Gasteiger partial charge in [-0.25, -0.2) is 4.98 Å². The molecule has 6 heteroatoms. The molecule has 0 saturated heterocycles. The van der Waals surface area contributed by atoms with E-state index in [1.807, 2.05) is 5.38 Å². The van der Waals surface area contributed by atoms with Gasteiger partial charge in [-0.2, -0.15) is 4.98 Å². The van der Waals surface area contributed by atoms with Crippen LogP contribution in [0.15, 0.2) is 11.4 Å². The average molecular weight is 299 g/mol. The minimum atomic E-state index is 0.320. The van der Waals surface area contributed by atoms with Crippen molar-refractivity contribution in [1.29, 1.82) is 0 Å². The number of hydrogen-bond acceptors (Lipinski definition) is 5. The molecule has 0 N–H and O–H groups in total. The lowest BCUT2D eigenvalue weighted by atomic mass is 10.2. The molecule has 0 spiro atoms. The van der Waals surface area contributed by atoms with Gasteiger partial charge >= 0.3 is 0 Å². The van der Waals surface area contributed by atoms with E-state index in [1.54, 1.807) is 11.3 Å². The molecule has 0 saturated carbocycles. The van der Waals surface area contributed by atoms with Gasteiger partial charge in [0.25, 0.3) is 0 Å². The molecular weight excluding hydrogens is 280 g/mol. The van der Waals surface area contributed by atoms with Crippen molar-refractivity contribution in [2.24, 2.45) is 0 Å². The first-order chi connectivity index (χ1) is 9.02. The molecule has 0 fully saturated rings. The minimum absolute atomic E-state index is 0.320. The number of hydrogen-bond donors (Lipinski definition) is 0. The van der Waals surface area contributed by atoms with E-state index in [1.165, 1.54) is 0 Å². The number of rotatable bonds is 5. The monoisotopic (exact) mass is 298 g/mol. The third-order valence-corrected chi connectivity index (χ3v) is 4.03. The van der Waals surface area contributed by atoms with Crippen LogP contribution in [-0.4, -0.2) is 48.1 Å². The van der Waals surface area contributed by atoms with Crippen LogP contribution in [0.1, 0.15) is 13.8 Å². The Bertz CT molecular complexity index is 555. The standard InChI is InChI=1S/C13H19ClN4S/c1-5-18(9(2)8-17(3)4)11-10-6-7-19-12(10)16-13(14)15-11/h6-7,9H,5,8H2,1-4H3. The molecule has 0 aliphatic carbocycles. The van der Waals surface area contributed by atoms with E-state index in [-0.39, 0.29) is 0 Å². The van der Waals surface area contributed by atoms with Gasteiger partial charge < -0.3 is 9.80 Å². The van der Waals surface area contributed by atoms with E-state index in [9.17, 15) is 0 Å². The Balaban J connectivity index is 2.42. The zero-order valence-electron chi connectivity index (χ0n) is 11.7. The Morgan fingerprint density at radius 3 is 2.74 bits per heavy atom. The van der Waals surface area contributed by atoms with Crippen LogP contribution in [0.5, 0.6) is 0 Å². The highest BCUT2D eigenvalue weighted by Crippen LogP contribution is 2.30. The van der Waals surface area contributed by atoms with Gasteiger partial charge in [0, 0.05) is 19.1 Å². The molecule has 2 aromatic heterocycles. The minimum Gasteiger partial charge on any atom is -0.352 e. The highest BCUT2D eigenvalue weighted by atomic mass is 35.5. The molecule has 4 nitrogen and oxygen atoms in total. The number of aromatic nitrogens is 2. The summed E-state index contributed by atoms with van der Waals surface area (Å²) in [6.45, 7) is 6.21. The fourth-order valence-corrected chi connectivity index (χ4v) is 3.30. The summed E-state index contributed by atoms with van der Waals surface area (Å²) in [6.07, 6.45) is 0. The van der Waals surface area contributed by atoms with Crippen molar-refractivity contribution in [2.75, 3.05) is 32.1 Å². The fourth-order valence-electron chi connectivity index (χ4n) is 2.33. The summed E-state index contributed by atoms with van der Waals surface area (Å²) in [5.41, 5.74) is 0. The normalized spacial score (nSPS) is 13.2. The molecule has 0 aliphatic heterocycles. The highest BCUT2D eigenvalue weighted by molar-refractivity contribution is 7.16. The van der Waals surface area contributed by atoms with E-state index in [2.05, 4.69) is 53.8 Å². The van der Waals surface area contributed by atoms with E-state index in [0.717, 1.165) is 29.1 Å². The summed E-state index contributed by atoms with van der Waals surface area (Å²) >= 11 is 7.64. The molecule has 19 heavy (non-hydrogen) atoms. The second kappa shape index (κ2) is 6.03.